The highest BCUT2D eigenvalue weighted by Gasteiger charge is 2.32. The second-order valence-corrected chi connectivity index (χ2v) is 14.1. The lowest BCUT2D eigenvalue weighted by atomic mass is 9.78. The molecule has 3 heteroatoms. The van der Waals surface area contributed by atoms with Crippen molar-refractivity contribution < 1.29 is 14.3 Å². The molecule has 1 aliphatic carbocycles. The summed E-state index contributed by atoms with van der Waals surface area (Å²) in [7, 11) is 0. The number of carbonyl (C=O) groups is 2. The van der Waals surface area contributed by atoms with Gasteiger partial charge in [-0.1, -0.05) is 140 Å². The highest BCUT2D eigenvalue weighted by Crippen LogP contribution is 2.34. The van der Waals surface area contributed by atoms with Crippen LogP contribution in [0, 0.1) is 11.8 Å². The lowest BCUT2D eigenvalue weighted by molar-refractivity contribution is -0.155. The van der Waals surface area contributed by atoms with Gasteiger partial charge in [0.1, 0.15) is 11.9 Å². The van der Waals surface area contributed by atoms with Gasteiger partial charge in [0.15, 0.2) is 0 Å². The summed E-state index contributed by atoms with van der Waals surface area (Å²) in [6.07, 6.45) is 48.0. The van der Waals surface area contributed by atoms with Crippen LogP contribution in [0.3, 0.4) is 0 Å². The average molecular weight is 639 g/mol. The average Bonchev–Trinajstić information content (AvgIpc) is 3.04. The Labute approximate surface area is 286 Å². The van der Waals surface area contributed by atoms with Crippen molar-refractivity contribution in [2.24, 2.45) is 11.8 Å². The summed E-state index contributed by atoms with van der Waals surface area (Å²) in [4.78, 5) is 25.5. The van der Waals surface area contributed by atoms with Crippen LogP contribution in [0.2, 0.25) is 0 Å². The van der Waals surface area contributed by atoms with E-state index in [0.29, 0.717) is 31.0 Å². The van der Waals surface area contributed by atoms with Crippen molar-refractivity contribution in [2.45, 2.75) is 200 Å². The highest BCUT2D eigenvalue weighted by atomic mass is 16.5. The first kappa shape index (κ1) is 42.1. The molecule has 1 rings (SSSR count). The van der Waals surface area contributed by atoms with Crippen molar-refractivity contribution in [2.75, 3.05) is 0 Å². The van der Waals surface area contributed by atoms with Gasteiger partial charge in [0.2, 0.25) is 0 Å². The minimum atomic E-state index is -0.0712. The third-order valence-electron chi connectivity index (χ3n) is 9.45. The molecular formula is C43H74O3. The topological polar surface area (TPSA) is 43.4 Å². The van der Waals surface area contributed by atoms with Crippen LogP contribution in [0.1, 0.15) is 194 Å². The number of esters is 1. The van der Waals surface area contributed by atoms with E-state index in [1.54, 1.807) is 0 Å². The Kier molecular flexibility index (Phi) is 29.0. The first-order valence-electron chi connectivity index (χ1n) is 19.9. The molecular weight excluding hydrogens is 564 g/mol. The predicted octanol–water partition coefficient (Wildman–Crippen LogP) is 13.5. The molecule has 0 aromatic heterocycles. The lowest BCUT2D eigenvalue weighted by Gasteiger charge is -2.34. The molecule has 0 aliphatic heterocycles. The molecule has 0 bridgehead atoms. The SMILES string of the molecule is CCCC/C=C\C/C=C\CCCCCCCC(=O)C[C@@H]1CC[C@@H](C)C[C@@H]1OC(=O)CCCCCCC/C=C\C/C=C\CCCCC. The van der Waals surface area contributed by atoms with Crippen molar-refractivity contribution in [1.82, 2.24) is 0 Å². The molecule has 0 saturated heterocycles. The molecule has 264 valence electrons. The first-order chi connectivity index (χ1) is 22.6. The third kappa shape index (κ3) is 26.2. The van der Waals surface area contributed by atoms with E-state index < -0.39 is 0 Å². The molecule has 3 atom stereocenters. The monoisotopic (exact) mass is 639 g/mol. The number of carbonyl (C=O) groups excluding carboxylic acids is 2. The fraction of sp³-hybridized carbons (Fsp3) is 0.767. The van der Waals surface area contributed by atoms with E-state index >= 15 is 0 Å². The maximum absolute atomic E-state index is 12.8. The minimum absolute atomic E-state index is 0.0551. The van der Waals surface area contributed by atoms with Gasteiger partial charge in [-0.3, -0.25) is 9.59 Å². The Bertz CT molecular complexity index is 835. The summed E-state index contributed by atoms with van der Waals surface area (Å²) >= 11 is 0. The van der Waals surface area contributed by atoms with E-state index in [2.05, 4.69) is 69.4 Å². The molecule has 1 aliphatic rings. The van der Waals surface area contributed by atoms with Crippen molar-refractivity contribution in [3.63, 3.8) is 0 Å². The summed E-state index contributed by atoms with van der Waals surface area (Å²) in [5, 5.41) is 0. The quantitative estimate of drug-likeness (QED) is 0.0446. The van der Waals surface area contributed by atoms with Crippen LogP contribution in [-0.2, 0) is 14.3 Å². The number of unbranched alkanes of at least 4 members (excludes halogenated alkanes) is 15. The molecule has 1 fully saturated rings. The van der Waals surface area contributed by atoms with E-state index in [9.17, 15) is 9.59 Å². The van der Waals surface area contributed by atoms with Gasteiger partial charge in [0.05, 0.1) is 0 Å². The second kappa shape index (κ2) is 31.7. The number of allylic oxidation sites excluding steroid dienone is 8. The van der Waals surface area contributed by atoms with Crippen LogP contribution < -0.4 is 0 Å². The number of hydrogen-bond donors (Lipinski definition) is 0. The minimum Gasteiger partial charge on any atom is -0.462 e. The zero-order valence-corrected chi connectivity index (χ0v) is 30.7. The lowest BCUT2D eigenvalue weighted by Crippen LogP contribution is -2.34. The van der Waals surface area contributed by atoms with Crippen LogP contribution in [0.25, 0.3) is 0 Å². The smallest absolute Gasteiger partial charge is 0.306 e. The van der Waals surface area contributed by atoms with Crippen molar-refractivity contribution in [1.29, 1.82) is 0 Å². The van der Waals surface area contributed by atoms with E-state index in [-0.39, 0.29) is 18.0 Å². The molecule has 3 nitrogen and oxygen atoms in total. The second-order valence-electron chi connectivity index (χ2n) is 14.1. The predicted molar refractivity (Wildman–Crippen MR) is 200 cm³/mol. The molecule has 0 spiro atoms. The Balaban J connectivity index is 2.10. The van der Waals surface area contributed by atoms with Crippen molar-refractivity contribution in [3.05, 3.63) is 48.6 Å². The Morgan fingerprint density at radius 1 is 0.565 bits per heavy atom. The van der Waals surface area contributed by atoms with Crippen LogP contribution in [0.15, 0.2) is 48.6 Å². The number of rotatable bonds is 30. The Hall–Kier alpha value is -1.90. The molecule has 46 heavy (non-hydrogen) atoms. The van der Waals surface area contributed by atoms with Crippen molar-refractivity contribution >= 4 is 11.8 Å². The fourth-order valence-electron chi connectivity index (χ4n) is 6.42. The summed E-state index contributed by atoms with van der Waals surface area (Å²) in [5.74, 6) is 1.09. The molecule has 0 amide bonds. The van der Waals surface area contributed by atoms with E-state index in [1.165, 1.54) is 83.5 Å². The van der Waals surface area contributed by atoms with Gasteiger partial charge in [-0.15, -0.1) is 0 Å². The fourth-order valence-corrected chi connectivity index (χ4v) is 6.42. The van der Waals surface area contributed by atoms with Gasteiger partial charge in [0.25, 0.3) is 0 Å². The Morgan fingerprint density at radius 3 is 1.61 bits per heavy atom. The number of Topliss-reactive ketones (excluding diaryl/α,β-unsaturated/α-hetero) is 1. The van der Waals surface area contributed by atoms with Crippen LogP contribution in [0.4, 0.5) is 0 Å². The third-order valence-corrected chi connectivity index (χ3v) is 9.45. The maximum atomic E-state index is 12.8. The largest absolute Gasteiger partial charge is 0.462 e. The molecule has 0 heterocycles. The van der Waals surface area contributed by atoms with Gasteiger partial charge >= 0.3 is 5.97 Å². The van der Waals surface area contributed by atoms with Gasteiger partial charge in [-0.25, -0.2) is 0 Å². The zero-order chi connectivity index (χ0) is 33.3. The molecule has 0 aromatic carbocycles. The Morgan fingerprint density at radius 2 is 1.04 bits per heavy atom. The molecule has 0 aromatic rings. The molecule has 0 N–H and O–H groups in total. The molecule has 0 unspecified atom stereocenters. The summed E-state index contributed by atoms with van der Waals surface area (Å²) < 4.78 is 6.01. The molecule has 0 radical (unpaired) electrons. The summed E-state index contributed by atoms with van der Waals surface area (Å²) in [6.45, 7) is 6.73. The van der Waals surface area contributed by atoms with E-state index in [1.807, 2.05) is 0 Å². The summed E-state index contributed by atoms with van der Waals surface area (Å²) in [5.41, 5.74) is 0. The van der Waals surface area contributed by atoms with Crippen LogP contribution in [0.5, 0.6) is 0 Å². The number of ketones is 1. The van der Waals surface area contributed by atoms with Crippen molar-refractivity contribution in [3.8, 4) is 0 Å². The summed E-state index contributed by atoms with van der Waals surface area (Å²) in [6, 6.07) is 0. The zero-order valence-electron chi connectivity index (χ0n) is 30.7. The number of ether oxygens (including phenoxy) is 1. The standard InChI is InChI=1S/C43H74O3/c1-4-6-8-10-12-14-16-18-20-22-24-26-28-30-32-34-43(45)46-42-37-39(3)35-36-40(42)38-41(44)33-31-29-27-25-23-21-19-17-15-13-11-9-7-5-2/h11-14,17-20,39-40,42H,4-10,15-16,21-38H2,1-3H3/b13-11-,14-12-,19-17-,20-18-/t39-,40+,42+/m1/s1. The van der Waals surface area contributed by atoms with Gasteiger partial charge in [0, 0.05) is 25.2 Å². The van der Waals surface area contributed by atoms with Crippen LogP contribution in [-0.4, -0.2) is 17.9 Å². The van der Waals surface area contributed by atoms with Gasteiger partial charge in [-0.05, 0) is 89.4 Å². The van der Waals surface area contributed by atoms with E-state index in [4.69, 9.17) is 4.74 Å². The van der Waals surface area contributed by atoms with Crippen LogP contribution >= 0.6 is 0 Å². The normalized spacial score (nSPS) is 18.9. The van der Waals surface area contributed by atoms with Gasteiger partial charge < -0.3 is 4.74 Å². The van der Waals surface area contributed by atoms with E-state index in [0.717, 1.165) is 70.6 Å². The first-order valence-corrected chi connectivity index (χ1v) is 19.9. The van der Waals surface area contributed by atoms with Gasteiger partial charge in [-0.2, -0.15) is 0 Å². The maximum Gasteiger partial charge on any atom is 0.306 e. The molecule has 1 saturated carbocycles. The number of hydrogen-bond acceptors (Lipinski definition) is 3. The highest BCUT2D eigenvalue weighted by molar-refractivity contribution is 5.78.